The molecule has 1 N–H and O–H groups in total. The van der Waals surface area contributed by atoms with Crippen LogP contribution in [0.3, 0.4) is 0 Å². The van der Waals surface area contributed by atoms with Crippen molar-refractivity contribution >= 4 is 23.3 Å². The van der Waals surface area contributed by atoms with Crippen LogP contribution in [0, 0.1) is 13.8 Å². The van der Waals surface area contributed by atoms with Crippen molar-refractivity contribution in [3.8, 4) is 0 Å². The zero-order valence-electron chi connectivity index (χ0n) is 13.8. The summed E-state index contributed by atoms with van der Waals surface area (Å²) in [5, 5.41) is 8.11. The molecule has 2 aromatic heterocycles. The molecule has 1 amide bonds. The minimum absolute atomic E-state index is 0.114. The van der Waals surface area contributed by atoms with Crippen molar-refractivity contribution in [3.63, 3.8) is 0 Å². The molecular formula is C17H24N4OS. The van der Waals surface area contributed by atoms with Gasteiger partial charge in [-0.25, -0.2) is 9.50 Å². The van der Waals surface area contributed by atoms with Gasteiger partial charge in [-0.3, -0.25) is 4.79 Å². The number of aryl methyl sites for hydroxylation is 2. The van der Waals surface area contributed by atoms with Crippen LogP contribution in [0.15, 0.2) is 12.1 Å². The molecular weight excluding hydrogens is 308 g/mol. The van der Waals surface area contributed by atoms with Gasteiger partial charge in [0, 0.05) is 35.0 Å². The second-order valence-corrected chi connectivity index (χ2v) is 7.63. The van der Waals surface area contributed by atoms with E-state index in [4.69, 9.17) is 0 Å². The molecule has 0 saturated heterocycles. The number of nitrogens with one attached hydrogen (secondary N) is 1. The Balaban J connectivity index is 1.53. The van der Waals surface area contributed by atoms with E-state index in [1.54, 1.807) is 10.6 Å². The Bertz CT molecular complexity index is 691. The summed E-state index contributed by atoms with van der Waals surface area (Å²) in [5.74, 6) is 0.858. The summed E-state index contributed by atoms with van der Waals surface area (Å²) in [4.78, 5) is 16.7. The van der Waals surface area contributed by atoms with Crippen LogP contribution in [-0.2, 0) is 0 Å². The zero-order chi connectivity index (χ0) is 16.2. The molecule has 0 spiro atoms. The van der Waals surface area contributed by atoms with E-state index >= 15 is 0 Å². The van der Waals surface area contributed by atoms with E-state index in [0.29, 0.717) is 12.2 Å². The smallest absolute Gasteiger partial charge is 0.271 e. The SMILES string of the molecule is Cc1cc(C)n2nc(C(=O)NCCSC3CCCCC3)cc2n1. The lowest BCUT2D eigenvalue weighted by molar-refractivity contribution is 0.0951. The zero-order valence-corrected chi connectivity index (χ0v) is 14.7. The minimum atomic E-state index is -0.114. The fourth-order valence-corrected chi connectivity index (χ4v) is 4.33. The molecule has 2 heterocycles. The molecule has 1 saturated carbocycles. The van der Waals surface area contributed by atoms with Gasteiger partial charge in [0.05, 0.1) is 0 Å². The van der Waals surface area contributed by atoms with Crippen LogP contribution in [0.5, 0.6) is 0 Å². The van der Waals surface area contributed by atoms with E-state index in [1.165, 1.54) is 32.1 Å². The van der Waals surface area contributed by atoms with E-state index in [2.05, 4.69) is 15.4 Å². The highest BCUT2D eigenvalue weighted by Crippen LogP contribution is 2.27. The first-order chi connectivity index (χ1) is 11.1. The van der Waals surface area contributed by atoms with Crippen molar-refractivity contribution in [1.82, 2.24) is 19.9 Å². The molecule has 0 radical (unpaired) electrons. The van der Waals surface area contributed by atoms with Gasteiger partial charge in [-0.1, -0.05) is 19.3 Å². The van der Waals surface area contributed by atoms with Crippen LogP contribution in [0.2, 0.25) is 0 Å². The standard InChI is InChI=1S/C17H24N4OS/c1-12-10-13(2)21-16(19-12)11-15(20-21)17(22)18-8-9-23-14-6-4-3-5-7-14/h10-11,14H,3-9H2,1-2H3,(H,18,22). The topological polar surface area (TPSA) is 59.3 Å². The molecule has 0 unspecified atom stereocenters. The van der Waals surface area contributed by atoms with Crippen LogP contribution in [0.25, 0.3) is 5.65 Å². The number of fused-ring (bicyclic) bond motifs is 1. The fourth-order valence-electron chi connectivity index (χ4n) is 3.11. The number of aromatic nitrogens is 3. The van der Waals surface area contributed by atoms with Crippen molar-refractivity contribution in [1.29, 1.82) is 0 Å². The molecule has 5 nitrogen and oxygen atoms in total. The molecule has 6 heteroatoms. The molecule has 0 aromatic carbocycles. The lowest BCUT2D eigenvalue weighted by Crippen LogP contribution is -2.27. The molecule has 1 fully saturated rings. The monoisotopic (exact) mass is 332 g/mol. The number of rotatable bonds is 5. The number of nitrogens with zero attached hydrogens (tertiary/aromatic N) is 3. The third-order valence-corrected chi connectivity index (χ3v) is 5.64. The predicted molar refractivity (Wildman–Crippen MR) is 94.1 cm³/mol. The normalized spacial score (nSPS) is 15.9. The van der Waals surface area contributed by atoms with Gasteiger partial charge >= 0.3 is 0 Å². The maximum Gasteiger partial charge on any atom is 0.271 e. The van der Waals surface area contributed by atoms with Gasteiger partial charge in [0.25, 0.3) is 5.91 Å². The van der Waals surface area contributed by atoms with E-state index in [1.807, 2.05) is 31.7 Å². The van der Waals surface area contributed by atoms with E-state index in [9.17, 15) is 4.79 Å². The Kier molecular flexibility index (Phi) is 5.20. The van der Waals surface area contributed by atoms with Crippen LogP contribution in [-0.4, -0.2) is 38.1 Å². The first-order valence-corrected chi connectivity index (χ1v) is 9.42. The predicted octanol–water partition coefficient (Wildman–Crippen LogP) is 3.14. The lowest BCUT2D eigenvalue weighted by atomic mass is 10.0. The Morgan fingerprint density at radius 3 is 2.87 bits per heavy atom. The summed E-state index contributed by atoms with van der Waals surface area (Å²) in [5.41, 5.74) is 3.09. The molecule has 0 bridgehead atoms. The third kappa shape index (κ3) is 4.05. The van der Waals surface area contributed by atoms with E-state index in [0.717, 1.165) is 28.0 Å². The number of carbonyl (C=O) groups is 1. The van der Waals surface area contributed by atoms with Crippen LogP contribution >= 0.6 is 11.8 Å². The average Bonchev–Trinajstić information content (AvgIpc) is 2.97. The van der Waals surface area contributed by atoms with Gasteiger partial charge in [0.2, 0.25) is 0 Å². The second kappa shape index (κ2) is 7.34. The Labute approximate surface area is 141 Å². The summed E-state index contributed by atoms with van der Waals surface area (Å²) in [6.45, 7) is 4.61. The first-order valence-electron chi connectivity index (χ1n) is 8.37. The number of thioether (sulfide) groups is 1. The summed E-state index contributed by atoms with van der Waals surface area (Å²) in [6, 6.07) is 3.71. The molecule has 124 valence electrons. The van der Waals surface area contributed by atoms with Crippen molar-refractivity contribution in [2.24, 2.45) is 0 Å². The summed E-state index contributed by atoms with van der Waals surface area (Å²) < 4.78 is 1.72. The number of amides is 1. The van der Waals surface area contributed by atoms with E-state index in [-0.39, 0.29) is 5.91 Å². The van der Waals surface area contributed by atoms with Crippen LogP contribution in [0.1, 0.15) is 54.0 Å². The largest absolute Gasteiger partial charge is 0.350 e. The Hall–Kier alpha value is -1.56. The highest BCUT2D eigenvalue weighted by atomic mass is 32.2. The second-order valence-electron chi connectivity index (χ2n) is 6.23. The van der Waals surface area contributed by atoms with Crippen molar-refractivity contribution < 1.29 is 4.79 Å². The first kappa shape index (κ1) is 16.3. The molecule has 2 aromatic rings. The quantitative estimate of drug-likeness (QED) is 0.855. The highest BCUT2D eigenvalue weighted by molar-refractivity contribution is 7.99. The molecule has 0 atom stereocenters. The van der Waals surface area contributed by atoms with Gasteiger partial charge in [-0.2, -0.15) is 16.9 Å². The van der Waals surface area contributed by atoms with Gasteiger partial charge < -0.3 is 5.32 Å². The average molecular weight is 332 g/mol. The third-order valence-electron chi connectivity index (χ3n) is 4.26. The number of carbonyl (C=O) groups excluding carboxylic acids is 1. The summed E-state index contributed by atoms with van der Waals surface area (Å²) in [6.07, 6.45) is 6.76. The van der Waals surface area contributed by atoms with Crippen molar-refractivity contribution in [2.45, 2.75) is 51.2 Å². The van der Waals surface area contributed by atoms with Gasteiger partial charge in [0.1, 0.15) is 0 Å². The highest BCUT2D eigenvalue weighted by Gasteiger charge is 2.15. The molecule has 1 aliphatic rings. The number of hydrogen-bond donors (Lipinski definition) is 1. The fraction of sp³-hybridized carbons (Fsp3) is 0.588. The Morgan fingerprint density at radius 2 is 2.09 bits per heavy atom. The maximum absolute atomic E-state index is 12.2. The van der Waals surface area contributed by atoms with Crippen molar-refractivity contribution in [3.05, 3.63) is 29.2 Å². The molecule has 1 aliphatic carbocycles. The summed E-state index contributed by atoms with van der Waals surface area (Å²) >= 11 is 1.99. The molecule has 23 heavy (non-hydrogen) atoms. The van der Waals surface area contributed by atoms with Gasteiger partial charge in [-0.15, -0.1) is 0 Å². The van der Waals surface area contributed by atoms with Gasteiger partial charge in [-0.05, 0) is 32.8 Å². The Morgan fingerprint density at radius 1 is 1.30 bits per heavy atom. The minimum Gasteiger partial charge on any atom is -0.350 e. The van der Waals surface area contributed by atoms with Crippen LogP contribution < -0.4 is 5.32 Å². The molecule has 3 rings (SSSR count). The number of hydrogen-bond acceptors (Lipinski definition) is 4. The lowest BCUT2D eigenvalue weighted by Gasteiger charge is -2.20. The summed E-state index contributed by atoms with van der Waals surface area (Å²) in [7, 11) is 0. The van der Waals surface area contributed by atoms with E-state index < -0.39 is 0 Å². The molecule has 0 aliphatic heterocycles. The van der Waals surface area contributed by atoms with Crippen molar-refractivity contribution in [2.75, 3.05) is 12.3 Å². The maximum atomic E-state index is 12.2. The van der Waals surface area contributed by atoms with Crippen LogP contribution in [0.4, 0.5) is 0 Å². The van der Waals surface area contributed by atoms with Gasteiger partial charge in [0.15, 0.2) is 11.3 Å².